The maximum absolute atomic E-state index is 9.65. The van der Waals surface area contributed by atoms with Gasteiger partial charge in [-0.15, -0.1) is 11.8 Å². The van der Waals surface area contributed by atoms with Crippen LogP contribution in [0.3, 0.4) is 0 Å². The van der Waals surface area contributed by atoms with E-state index in [1.165, 1.54) is 4.90 Å². The molecule has 0 radical (unpaired) electrons. The van der Waals surface area contributed by atoms with Gasteiger partial charge in [0.25, 0.3) is 0 Å². The summed E-state index contributed by atoms with van der Waals surface area (Å²) in [6.07, 6.45) is 0.449. The minimum absolute atomic E-state index is 0.241. The number of aliphatic hydroxyl groups is 1. The Hall–Kier alpha value is -0.470. The molecule has 0 aliphatic rings. The van der Waals surface area contributed by atoms with Crippen LogP contribution in [-0.2, 0) is 0 Å². The van der Waals surface area contributed by atoms with Gasteiger partial charge in [0.2, 0.25) is 0 Å². The third kappa shape index (κ3) is 4.27. The maximum atomic E-state index is 9.65. The summed E-state index contributed by atoms with van der Waals surface area (Å²) in [5.41, 5.74) is 1.01. The molecule has 1 nitrogen and oxygen atoms in total. The van der Waals surface area contributed by atoms with Crippen LogP contribution in [0, 0.1) is 0 Å². The highest BCUT2D eigenvalue weighted by atomic mass is 32.2. The van der Waals surface area contributed by atoms with Gasteiger partial charge in [-0.1, -0.05) is 39.8 Å². The van der Waals surface area contributed by atoms with E-state index in [1.54, 1.807) is 0 Å². The van der Waals surface area contributed by atoms with Crippen molar-refractivity contribution in [3.8, 4) is 0 Å². The van der Waals surface area contributed by atoms with E-state index >= 15 is 0 Å². The SMILES string of the molecule is CC[C@@H](O)c1ccc(SC(C)(C)C)cc1. The molecule has 2 heteroatoms. The van der Waals surface area contributed by atoms with E-state index < -0.39 is 0 Å². The summed E-state index contributed by atoms with van der Waals surface area (Å²) in [7, 11) is 0. The molecule has 0 heterocycles. The van der Waals surface area contributed by atoms with Gasteiger partial charge in [-0.3, -0.25) is 0 Å². The van der Waals surface area contributed by atoms with E-state index in [0.29, 0.717) is 0 Å². The molecule has 0 unspecified atom stereocenters. The van der Waals surface area contributed by atoms with Gasteiger partial charge in [0.1, 0.15) is 0 Å². The number of hydrogen-bond donors (Lipinski definition) is 1. The van der Waals surface area contributed by atoms with Crippen LogP contribution in [0.4, 0.5) is 0 Å². The van der Waals surface area contributed by atoms with Crippen molar-refractivity contribution in [2.75, 3.05) is 0 Å². The first kappa shape index (κ1) is 12.6. The van der Waals surface area contributed by atoms with Gasteiger partial charge >= 0.3 is 0 Å². The molecule has 0 saturated carbocycles. The molecule has 84 valence electrons. The van der Waals surface area contributed by atoms with Crippen molar-refractivity contribution >= 4 is 11.8 Å². The molecule has 0 aliphatic carbocycles. The van der Waals surface area contributed by atoms with Gasteiger partial charge in [0.15, 0.2) is 0 Å². The molecule has 1 aromatic rings. The Morgan fingerprint density at radius 2 is 1.73 bits per heavy atom. The molecule has 1 atom stereocenters. The number of hydrogen-bond acceptors (Lipinski definition) is 2. The monoisotopic (exact) mass is 224 g/mol. The first-order chi connectivity index (χ1) is 6.92. The molecule has 15 heavy (non-hydrogen) atoms. The van der Waals surface area contributed by atoms with Crippen molar-refractivity contribution in [3.05, 3.63) is 29.8 Å². The van der Waals surface area contributed by atoms with E-state index in [-0.39, 0.29) is 10.9 Å². The van der Waals surface area contributed by atoms with Crippen molar-refractivity contribution in [1.29, 1.82) is 0 Å². The summed E-state index contributed by atoms with van der Waals surface area (Å²) >= 11 is 1.85. The lowest BCUT2D eigenvalue weighted by Gasteiger charge is -2.18. The second kappa shape index (κ2) is 5.04. The molecular formula is C13H20OS. The van der Waals surface area contributed by atoms with Crippen LogP contribution < -0.4 is 0 Å². The Morgan fingerprint density at radius 1 is 1.20 bits per heavy atom. The summed E-state index contributed by atoms with van der Waals surface area (Å²) in [4.78, 5) is 1.26. The van der Waals surface area contributed by atoms with Crippen molar-refractivity contribution in [2.24, 2.45) is 0 Å². The normalized spacial score (nSPS) is 13.9. The summed E-state index contributed by atoms with van der Waals surface area (Å²) in [5, 5.41) is 9.65. The largest absolute Gasteiger partial charge is 0.388 e. The average molecular weight is 224 g/mol. The highest BCUT2D eigenvalue weighted by Crippen LogP contribution is 2.32. The highest BCUT2D eigenvalue weighted by molar-refractivity contribution is 8.00. The van der Waals surface area contributed by atoms with E-state index in [9.17, 15) is 5.11 Å². The molecule has 0 aliphatic heterocycles. The minimum atomic E-state index is -0.321. The van der Waals surface area contributed by atoms with Gasteiger partial charge < -0.3 is 5.11 Å². The molecule has 0 fully saturated rings. The third-order valence-corrected chi connectivity index (χ3v) is 3.20. The highest BCUT2D eigenvalue weighted by Gasteiger charge is 2.12. The zero-order chi connectivity index (χ0) is 11.5. The average Bonchev–Trinajstić information content (AvgIpc) is 2.15. The van der Waals surface area contributed by atoms with Crippen molar-refractivity contribution < 1.29 is 5.11 Å². The van der Waals surface area contributed by atoms with Gasteiger partial charge in [-0.05, 0) is 24.1 Å². The topological polar surface area (TPSA) is 20.2 Å². The number of benzene rings is 1. The lowest BCUT2D eigenvalue weighted by atomic mass is 10.1. The van der Waals surface area contributed by atoms with E-state index in [1.807, 2.05) is 30.8 Å². The van der Waals surface area contributed by atoms with Crippen LogP contribution in [-0.4, -0.2) is 9.85 Å². The molecule has 0 aromatic heterocycles. The Kier molecular flexibility index (Phi) is 4.23. The Morgan fingerprint density at radius 3 is 2.13 bits per heavy atom. The fourth-order valence-corrected chi connectivity index (χ4v) is 2.33. The van der Waals surface area contributed by atoms with Crippen molar-refractivity contribution in [2.45, 2.75) is 49.9 Å². The third-order valence-electron chi connectivity index (χ3n) is 2.08. The predicted octanol–water partition coefficient (Wildman–Crippen LogP) is 4.02. The second-order valence-corrected chi connectivity index (χ2v) is 6.61. The van der Waals surface area contributed by atoms with Gasteiger partial charge in [0, 0.05) is 9.64 Å². The first-order valence-corrected chi connectivity index (χ1v) is 6.21. The molecule has 1 aromatic carbocycles. The fraction of sp³-hybridized carbons (Fsp3) is 0.538. The van der Waals surface area contributed by atoms with Crippen LogP contribution >= 0.6 is 11.8 Å². The lowest BCUT2D eigenvalue weighted by molar-refractivity contribution is 0.173. The van der Waals surface area contributed by atoms with Crippen LogP contribution in [0.25, 0.3) is 0 Å². The molecular weight excluding hydrogens is 204 g/mol. The quantitative estimate of drug-likeness (QED) is 0.782. The zero-order valence-electron chi connectivity index (χ0n) is 9.95. The van der Waals surface area contributed by atoms with E-state index in [4.69, 9.17) is 0 Å². The number of aliphatic hydroxyl groups excluding tert-OH is 1. The van der Waals surface area contributed by atoms with Crippen molar-refractivity contribution in [3.63, 3.8) is 0 Å². The summed E-state index contributed by atoms with van der Waals surface area (Å²) in [6.45, 7) is 8.59. The molecule has 0 bridgehead atoms. The molecule has 1 N–H and O–H groups in total. The molecule has 1 rings (SSSR count). The maximum Gasteiger partial charge on any atom is 0.0787 e. The Labute approximate surface area is 96.9 Å². The molecule has 0 saturated heterocycles. The minimum Gasteiger partial charge on any atom is -0.388 e. The smallest absolute Gasteiger partial charge is 0.0787 e. The summed E-state index contributed by atoms with van der Waals surface area (Å²) < 4.78 is 0.241. The van der Waals surface area contributed by atoms with Gasteiger partial charge in [0.05, 0.1) is 6.10 Å². The van der Waals surface area contributed by atoms with Crippen molar-refractivity contribution in [1.82, 2.24) is 0 Å². The zero-order valence-corrected chi connectivity index (χ0v) is 10.8. The van der Waals surface area contributed by atoms with Gasteiger partial charge in [-0.2, -0.15) is 0 Å². The number of rotatable bonds is 3. The standard InChI is InChI=1S/C13H20OS/c1-5-12(14)10-6-8-11(9-7-10)15-13(2,3)4/h6-9,12,14H,5H2,1-4H3/t12-/m1/s1. The van der Waals surface area contributed by atoms with E-state index in [0.717, 1.165) is 12.0 Å². The molecule has 0 spiro atoms. The lowest BCUT2D eigenvalue weighted by Crippen LogP contribution is -2.06. The van der Waals surface area contributed by atoms with E-state index in [2.05, 4.69) is 32.9 Å². The Bertz CT molecular complexity index is 297. The van der Waals surface area contributed by atoms with Crippen LogP contribution in [0.15, 0.2) is 29.2 Å². The Balaban J connectivity index is 2.72. The number of thioether (sulfide) groups is 1. The van der Waals surface area contributed by atoms with Crippen LogP contribution in [0.5, 0.6) is 0 Å². The first-order valence-electron chi connectivity index (χ1n) is 5.39. The van der Waals surface area contributed by atoms with Crippen LogP contribution in [0.2, 0.25) is 0 Å². The summed E-state index contributed by atoms with van der Waals surface area (Å²) in [6, 6.07) is 8.21. The predicted molar refractivity (Wildman–Crippen MR) is 67.3 cm³/mol. The second-order valence-electron chi connectivity index (χ2n) is 4.71. The summed E-state index contributed by atoms with van der Waals surface area (Å²) in [5.74, 6) is 0. The fourth-order valence-electron chi connectivity index (χ4n) is 1.35. The molecule has 0 amide bonds. The van der Waals surface area contributed by atoms with Gasteiger partial charge in [-0.25, -0.2) is 0 Å². The van der Waals surface area contributed by atoms with Crippen LogP contribution in [0.1, 0.15) is 45.8 Å².